The average molecular weight is 263 g/mol. The molecule has 0 aliphatic heterocycles. The summed E-state index contributed by atoms with van der Waals surface area (Å²) in [4.78, 5) is 23.2. The van der Waals surface area contributed by atoms with Gasteiger partial charge in [0, 0.05) is 32.0 Å². The van der Waals surface area contributed by atoms with E-state index in [1.807, 2.05) is 0 Å². The topological polar surface area (TPSA) is 70.0 Å². The largest absolute Gasteiger partial charge is 0.322 e. The molecule has 2 aromatic rings. The van der Waals surface area contributed by atoms with Crippen molar-refractivity contribution in [2.75, 3.05) is 0 Å². The van der Waals surface area contributed by atoms with Crippen molar-refractivity contribution in [2.24, 2.45) is 12.8 Å². The number of halogens is 1. The minimum absolute atomic E-state index is 0.123. The van der Waals surface area contributed by atoms with E-state index >= 15 is 0 Å². The highest BCUT2D eigenvalue weighted by Gasteiger charge is 2.10. The second-order valence-corrected chi connectivity index (χ2v) is 4.33. The van der Waals surface area contributed by atoms with E-state index in [-0.39, 0.29) is 12.4 Å². The summed E-state index contributed by atoms with van der Waals surface area (Å²) in [6, 6.07) is 5.31. The molecule has 1 aromatic carbocycles. The molecule has 6 heteroatoms. The Bertz CT molecular complexity index is 706. The zero-order valence-corrected chi connectivity index (χ0v) is 10.4. The Balaban J connectivity index is 2.29. The third-order valence-corrected chi connectivity index (χ3v) is 2.90. The summed E-state index contributed by atoms with van der Waals surface area (Å²) in [7, 11) is 1.50. The first-order valence-electron chi connectivity index (χ1n) is 5.76. The molecule has 1 atom stereocenters. The molecule has 0 fully saturated rings. The predicted molar refractivity (Wildman–Crippen MR) is 69.3 cm³/mol. The van der Waals surface area contributed by atoms with E-state index in [1.54, 1.807) is 12.1 Å². The van der Waals surface area contributed by atoms with Gasteiger partial charge in [0.15, 0.2) is 0 Å². The third-order valence-electron chi connectivity index (χ3n) is 2.90. The fourth-order valence-corrected chi connectivity index (χ4v) is 1.79. The van der Waals surface area contributed by atoms with Crippen LogP contribution in [0.1, 0.15) is 11.6 Å². The smallest absolute Gasteiger partial charge is 0.316 e. The average Bonchev–Trinajstić information content (AvgIpc) is 2.39. The molecule has 0 bridgehead atoms. The highest BCUT2D eigenvalue weighted by molar-refractivity contribution is 5.19. The zero-order valence-electron chi connectivity index (χ0n) is 10.4. The molecule has 0 saturated carbocycles. The van der Waals surface area contributed by atoms with E-state index in [4.69, 9.17) is 5.73 Å². The van der Waals surface area contributed by atoms with Crippen LogP contribution in [0.4, 0.5) is 4.39 Å². The number of nitrogens with two attached hydrogens (primary N) is 1. The van der Waals surface area contributed by atoms with Gasteiger partial charge in [0.2, 0.25) is 0 Å². The summed E-state index contributed by atoms with van der Waals surface area (Å²) in [5, 5.41) is 0. The number of rotatable bonds is 3. The maximum Gasteiger partial charge on any atom is 0.316 e. The first-order valence-corrected chi connectivity index (χ1v) is 5.76. The van der Waals surface area contributed by atoms with Gasteiger partial charge in [0.1, 0.15) is 5.82 Å². The number of benzene rings is 1. The van der Waals surface area contributed by atoms with Gasteiger partial charge < -0.3 is 14.9 Å². The van der Waals surface area contributed by atoms with Gasteiger partial charge in [-0.3, -0.25) is 9.59 Å². The van der Waals surface area contributed by atoms with Crippen molar-refractivity contribution in [3.8, 4) is 0 Å². The molecule has 0 radical (unpaired) electrons. The van der Waals surface area contributed by atoms with E-state index in [0.29, 0.717) is 5.56 Å². The lowest BCUT2D eigenvalue weighted by Crippen LogP contribution is -2.40. The summed E-state index contributed by atoms with van der Waals surface area (Å²) in [6.07, 6.45) is 2.98. The van der Waals surface area contributed by atoms with Crippen LogP contribution in [0, 0.1) is 5.82 Å². The molecule has 1 aromatic heterocycles. The van der Waals surface area contributed by atoms with Gasteiger partial charge in [-0.25, -0.2) is 4.39 Å². The van der Waals surface area contributed by atoms with Crippen molar-refractivity contribution >= 4 is 0 Å². The van der Waals surface area contributed by atoms with Crippen molar-refractivity contribution in [3.05, 3.63) is 68.7 Å². The van der Waals surface area contributed by atoms with E-state index in [2.05, 4.69) is 0 Å². The van der Waals surface area contributed by atoms with Crippen molar-refractivity contribution < 1.29 is 4.39 Å². The second kappa shape index (κ2) is 5.19. The summed E-state index contributed by atoms with van der Waals surface area (Å²) in [6.45, 7) is 0.123. The monoisotopic (exact) mass is 263 g/mol. The summed E-state index contributed by atoms with van der Waals surface area (Å²) >= 11 is 0. The summed E-state index contributed by atoms with van der Waals surface area (Å²) in [5.74, 6) is -0.385. The van der Waals surface area contributed by atoms with Crippen LogP contribution in [-0.2, 0) is 13.6 Å². The minimum atomic E-state index is -0.642. The Hall–Kier alpha value is -2.21. The van der Waals surface area contributed by atoms with Crippen molar-refractivity contribution in [1.82, 2.24) is 9.13 Å². The number of hydrogen-bond acceptors (Lipinski definition) is 3. The highest BCUT2D eigenvalue weighted by atomic mass is 19.1. The van der Waals surface area contributed by atoms with Gasteiger partial charge in [0.05, 0.1) is 0 Å². The number of nitrogens with zero attached hydrogens (tertiary/aromatic N) is 2. The first kappa shape index (κ1) is 13.2. The quantitative estimate of drug-likeness (QED) is 0.814. The van der Waals surface area contributed by atoms with Crippen LogP contribution >= 0.6 is 0 Å². The fourth-order valence-electron chi connectivity index (χ4n) is 1.79. The Morgan fingerprint density at radius 1 is 1.26 bits per heavy atom. The van der Waals surface area contributed by atoms with Crippen LogP contribution in [0.5, 0.6) is 0 Å². The molecule has 0 amide bonds. The molecule has 2 N–H and O–H groups in total. The molecule has 0 saturated heterocycles. The van der Waals surface area contributed by atoms with Gasteiger partial charge in [-0.05, 0) is 17.7 Å². The predicted octanol–water partition coefficient (Wildman–Crippen LogP) is 0.386. The lowest BCUT2D eigenvalue weighted by Gasteiger charge is -2.14. The summed E-state index contributed by atoms with van der Waals surface area (Å²) in [5.41, 5.74) is 5.24. The molecular formula is C13H14FN3O2. The van der Waals surface area contributed by atoms with Crippen LogP contribution in [0.2, 0.25) is 0 Å². The van der Waals surface area contributed by atoms with E-state index in [9.17, 15) is 14.0 Å². The molecule has 5 nitrogen and oxygen atoms in total. The number of hydrogen-bond donors (Lipinski definition) is 1. The molecule has 19 heavy (non-hydrogen) atoms. The van der Waals surface area contributed by atoms with Crippen LogP contribution in [-0.4, -0.2) is 9.13 Å². The van der Waals surface area contributed by atoms with Crippen LogP contribution in [0.3, 0.4) is 0 Å². The molecule has 100 valence electrons. The van der Waals surface area contributed by atoms with E-state index < -0.39 is 17.2 Å². The lowest BCUT2D eigenvalue weighted by molar-refractivity contribution is 0.543. The lowest BCUT2D eigenvalue weighted by atomic mass is 10.1. The Morgan fingerprint density at radius 3 is 2.68 bits per heavy atom. The van der Waals surface area contributed by atoms with E-state index in [0.717, 1.165) is 0 Å². The second-order valence-electron chi connectivity index (χ2n) is 4.33. The molecule has 1 heterocycles. The number of aromatic nitrogens is 2. The van der Waals surface area contributed by atoms with Crippen LogP contribution in [0.15, 0.2) is 46.2 Å². The van der Waals surface area contributed by atoms with Gasteiger partial charge >= 0.3 is 11.1 Å². The normalized spacial score (nSPS) is 12.4. The molecule has 0 spiro atoms. The SMILES string of the molecule is Cn1ccn(CC(N)c2cccc(F)c2)c(=O)c1=O. The van der Waals surface area contributed by atoms with Gasteiger partial charge in [0.25, 0.3) is 0 Å². The Morgan fingerprint density at radius 2 is 2.00 bits per heavy atom. The molecule has 0 aliphatic rings. The maximum atomic E-state index is 13.1. The standard InChI is InChI=1S/C13H14FN3O2/c1-16-5-6-17(13(19)12(16)18)8-11(15)9-3-2-4-10(14)7-9/h2-7,11H,8,15H2,1H3. The molecule has 0 aliphatic carbocycles. The van der Waals surface area contributed by atoms with Crippen molar-refractivity contribution in [2.45, 2.75) is 12.6 Å². The minimum Gasteiger partial charge on any atom is -0.322 e. The van der Waals surface area contributed by atoms with Gasteiger partial charge in [-0.1, -0.05) is 12.1 Å². The van der Waals surface area contributed by atoms with Gasteiger partial charge in [-0.15, -0.1) is 0 Å². The third kappa shape index (κ3) is 2.79. The first-order chi connectivity index (χ1) is 8.99. The Kier molecular flexibility index (Phi) is 3.62. The zero-order chi connectivity index (χ0) is 14.0. The molecule has 2 rings (SSSR count). The van der Waals surface area contributed by atoms with Crippen LogP contribution in [0.25, 0.3) is 0 Å². The molecular weight excluding hydrogens is 249 g/mol. The van der Waals surface area contributed by atoms with Crippen LogP contribution < -0.4 is 16.9 Å². The maximum absolute atomic E-state index is 13.1. The molecule has 1 unspecified atom stereocenters. The van der Waals surface area contributed by atoms with Crippen molar-refractivity contribution in [3.63, 3.8) is 0 Å². The highest BCUT2D eigenvalue weighted by Crippen LogP contribution is 2.12. The summed E-state index contributed by atoms with van der Waals surface area (Å²) < 4.78 is 15.5. The Labute approximate surface area is 108 Å². The fraction of sp³-hybridized carbons (Fsp3) is 0.231. The van der Waals surface area contributed by atoms with Gasteiger partial charge in [-0.2, -0.15) is 0 Å². The number of aryl methyl sites for hydroxylation is 1. The van der Waals surface area contributed by atoms with Crippen molar-refractivity contribution in [1.29, 1.82) is 0 Å². The van der Waals surface area contributed by atoms with E-state index in [1.165, 1.54) is 40.7 Å².